The average molecular weight is 255 g/mol. The van der Waals surface area contributed by atoms with Crippen LogP contribution < -0.4 is 0 Å². The van der Waals surface area contributed by atoms with Crippen LogP contribution in [-0.4, -0.2) is 11.1 Å². The van der Waals surface area contributed by atoms with Crippen molar-refractivity contribution in [2.24, 2.45) is 0 Å². The number of carbonyl (C=O) groups is 1. The van der Waals surface area contributed by atoms with Gasteiger partial charge in [-0.1, -0.05) is 13.8 Å². The molecule has 0 saturated carbocycles. The Hall–Kier alpha value is -0.336. The summed E-state index contributed by atoms with van der Waals surface area (Å²) in [4.78, 5) is 8.89. The minimum atomic E-state index is -1.08. The molecule has 0 heterocycles. The Balaban J connectivity index is -0.000000128. The molecule has 1 radical (unpaired) electrons. The number of benzene rings is 1. The SMILES string of the molecule is CC.[CH2-]C(=O)O.[Y].[c-]1ccccc1. The Morgan fingerprint density at radius 3 is 1.62 bits per heavy atom. The first kappa shape index (κ1) is 18.4. The quantitative estimate of drug-likeness (QED) is 0.723. The van der Waals surface area contributed by atoms with Gasteiger partial charge in [-0.3, -0.25) is 11.7 Å². The minimum absolute atomic E-state index is 0. The van der Waals surface area contributed by atoms with Crippen LogP contribution in [0.5, 0.6) is 0 Å². The molecule has 0 bridgehead atoms. The van der Waals surface area contributed by atoms with E-state index in [0.717, 1.165) is 0 Å². The van der Waals surface area contributed by atoms with Crippen molar-refractivity contribution in [1.82, 2.24) is 0 Å². The van der Waals surface area contributed by atoms with Crippen LogP contribution in [0.3, 0.4) is 0 Å². The Kier molecular flexibility index (Phi) is 25.1. The van der Waals surface area contributed by atoms with Gasteiger partial charge in [0.1, 0.15) is 0 Å². The molecule has 0 aliphatic rings. The summed E-state index contributed by atoms with van der Waals surface area (Å²) in [5.41, 5.74) is 0. The third kappa shape index (κ3) is 34.0. The Morgan fingerprint density at radius 1 is 1.23 bits per heavy atom. The summed E-state index contributed by atoms with van der Waals surface area (Å²) in [6, 6.07) is 12.5. The van der Waals surface area contributed by atoms with Crippen molar-refractivity contribution in [3.63, 3.8) is 0 Å². The van der Waals surface area contributed by atoms with Gasteiger partial charge < -0.3 is 5.11 Å². The smallest absolute Gasteiger partial charge is 0.161 e. The van der Waals surface area contributed by atoms with Gasteiger partial charge >= 0.3 is 0 Å². The van der Waals surface area contributed by atoms with Gasteiger partial charge in [0.05, 0.1) is 0 Å². The van der Waals surface area contributed by atoms with Crippen molar-refractivity contribution in [3.05, 3.63) is 43.3 Å². The maximum Gasteiger partial charge on any atom is 0.161 e. The Labute approximate surface area is 105 Å². The fourth-order valence-electron chi connectivity index (χ4n) is 0.342. The van der Waals surface area contributed by atoms with Crippen LogP contribution in [-0.2, 0) is 37.5 Å². The molecular weight excluding hydrogens is 241 g/mol. The van der Waals surface area contributed by atoms with E-state index in [2.05, 4.69) is 13.0 Å². The molecule has 0 aliphatic carbocycles. The molecule has 0 unspecified atom stereocenters. The van der Waals surface area contributed by atoms with E-state index in [1.54, 1.807) is 0 Å². The van der Waals surface area contributed by atoms with Crippen LogP contribution in [0.25, 0.3) is 0 Å². The van der Waals surface area contributed by atoms with Gasteiger partial charge in [-0.25, -0.2) is 0 Å². The van der Waals surface area contributed by atoms with E-state index in [9.17, 15) is 0 Å². The van der Waals surface area contributed by atoms with Gasteiger partial charge in [0, 0.05) is 32.7 Å². The summed E-state index contributed by atoms with van der Waals surface area (Å²) in [7, 11) is 0. The molecule has 0 spiro atoms. The van der Waals surface area contributed by atoms with E-state index in [0.29, 0.717) is 0 Å². The van der Waals surface area contributed by atoms with Gasteiger partial charge in [-0.15, -0.1) is 0 Å². The zero-order valence-corrected chi connectivity index (χ0v) is 10.9. The second-order valence-electron chi connectivity index (χ2n) is 1.47. The molecule has 13 heavy (non-hydrogen) atoms. The van der Waals surface area contributed by atoms with Gasteiger partial charge in [0.2, 0.25) is 0 Å². The van der Waals surface area contributed by atoms with Crippen LogP contribution in [0.15, 0.2) is 30.3 Å². The first-order valence-corrected chi connectivity index (χ1v) is 3.69. The molecule has 1 aromatic carbocycles. The van der Waals surface area contributed by atoms with Crippen LogP contribution in [0.4, 0.5) is 0 Å². The third-order valence-corrected chi connectivity index (χ3v) is 0.607. The number of aliphatic carboxylic acids is 1. The summed E-state index contributed by atoms with van der Waals surface area (Å²) < 4.78 is 0. The number of rotatable bonds is 0. The fourth-order valence-corrected chi connectivity index (χ4v) is 0.342. The Bertz CT molecular complexity index is 145. The average Bonchev–Trinajstić information content (AvgIpc) is 2.10. The molecule has 0 amide bonds. The second-order valence-corrected chi connectivity index (χ2v) is 1.47. The monoisotopic (exact) mass is 255 g/mol. The van der Waals surface area contributed by atoms with Gasteiger partial charge in [-0.2, -0.15) is 36.4 Å². The number of hydrogen-bond donors (Lipinski definition) is 1. The normalized spacial score (nSPS) is 6.00. The van der Waals surface area contributed by atoms with E-state index in [4.69, 9.17) is 9.90 Å². The summed E-state index contributed by atoms with van der Waals surface area (Å²) in [6.07, 6.45) is 0. The molecular formula is C10H14O2Y-2. The predicted molar refractivity (Wildman–Crippen MR) is 49.6 cm³/mol. The molecule has 1 N–H and O–H groups in total. The summed E-state index contributed by atoms with van der Waals surface area (Å²) in [5, 5.41) is 7.31. The van der Waals surface area contributed by atoms with E-state index in [-0.39, 0.29) is 32.7 Å². The van der Waals surface area contributed by atoms with Crippen molar-refractivity contribution in [3.8, 4) is 0 Å². The summed E-state index contributed by atoms with van der Waals surface area (Å²) >= 11 is 0. The molecule has 3 heteroatoms. The molecule has 2 nitrogen and oxygen atoms in total. The summed E-state index contributed by atoms with van der Waals surface area (Å²) in [5.74, 6) is -1.08. The first-order valence-electron chi connectivity index (χ1n) is 3.69. The standard InChI is InChI=1S/C6H5.C2H3O2.C2H6.Y/c1-2-4-6-5-3-1;1-2(3)4;1-2;/h1-5H;1H2,(H,3,4);1-2H3;/q2*-1;;. The number of carboxylic acids is 1. The zero-order valence-electron chi connectivity index (χ0n) is 8.03. The van der Waals surface area contributed by atoms with Crippen molar-refractivity contribution in [2.45, 2.75) is 13.8 Å². The van der Waals surface area contributed by atoms with Gasteiger partial charge in [-0.05, 0) is 0 Å². The largest absolute Gasteiger partial charge is 0.503 e. The van der Waals surface area contributed by atoms with Crippen molar-refractivity contribution in [1.29, 1.82) is 0 Å². The molecule has 0 aliphatic heterocycles. The third-order valence-electron chi connectivity index (χ3n) is 0.607. The van der Waals surface area contributed by atoms with Crippen LogP contribution >= 0.6 is 0 Å². The predicted octanol–water partition coefficient (Wildman–Crippen LogP) is 2.42. The molecule has 0 saturated heterocycles. The zero-order chi connectivity index (χ0) is 9.82. The fraction of sp³-hybridized carbons (Fsp3) is 0.200. The minimum Gasteiger partial charge on any atom is -0.503 e. The van der Waals surface area contributed by atoms with E-state index < -0.39 is 5.97 Å². The number of hydrogen-bond acceptors (Lipinski definition) is 1. The maximum absolute atomic E-state index is 8.89. The van der Waals surface area contributed by atoms with Crippen LogP contribution in [0.2, 0.25) is 0 Å². The van der Waals surface area contributed by atoms with Crippen LogP contribution in [0, 0.1) is 13.0 Å². The topological polar surface area (TPSA) is 37.3 Å². The molecule has 0 atom stereocenters. The van der Waals surface area contributed by atoms with Gasteiger partial charge in [0.15, 0.2) is 5.97 Å². The van der Waals surface area contributed by atoms with Crippen molar-refractivity contribution in [2.75, 3.05) is 0 Å². The van der Waals surface area contributed by atoms with Crippen molar-refractivity contribution < 1.29 is 42.6 Å². The van der Waals surface area contributed by atoms with Gasteiger partial charge in [0.25, 0.3) is 0 Å². The van der Waals surface area contributed by atoms with Crippen LogP contribution in [0.1, 0.15) is 13.8 Å². The van der Waals surface area contributed by atoms with E-state index >= 15 is 0 Å². The molecule has 0 fully saturated rings. The molecule has 71 valence electrons. The first-order chi connectivity index (χ1) is 5.73. The van der Waals surface area contributed by atoms with E-state index in [1.165, 1.54) is 0 Å². The molecule has 0 aromatic heterocycles. The summed E-state index contributed by atoms with van der Waals surface area (Å²) in [6.45, 7) is 6.56. The molecule has 1 rings (SSSR count). The maximum atomic E-state index is 8.89. The number of carboxylic acid groups (broad SMARTS) is 1. The Morgan fingerprint density at radius 2 is 1.54 bits per heavy atom. The van der Waals surface area contributed by atoms with Crippen molar-refractivity contribution >= 4 is 5.97 Å². The molecule has 1 aromatic rings. The van der Waals surface area contributed by atoms with E-state index in [1.807, 2.05) is 44.2 Å². The second kappa shape index (κ2) is 17.7.